The maximum Gasteiger partial charge on any atom is 0.231 e. The van der Waals surface area contributed by atoms with Gasteiger partial charge in [-0.2, -0.15) is 0 Å². The Bertz CT molecular complexity index is 468. The van der Waals surface area contributed by atoms with Crippen LogP contribution in [-0.4, -0.2) is 27.0 Å². The molecular weight excluding hydrogens is 249 g/mol. The molecule has 1 N–H and O–H groups in total. The average molecular weight is 267 g/mol. The molecule has 2 aliphatic heterocycles. The highest BCUT2D eigenvalue weighted by Crippen LogP contribution is 2.44. The second kappa shape index (κ2) is 5.25. The summed E-state index contributed by atoms with van der Waals surface area (Å²) in [7, 11) is 1.49. The Balaban J connectivity index is 1.93. The second-order valence-corrected chi connectivity index (χ2v) is 5.02. The number of hydrogen-bond donors (Lipinski definition) is 1. The van der Waals surface area contributed by atoms with Gasteiger partial charge in [0, 0.05) is 11.6 Å². The average Bonchev–Trinajstić information content (AvgIpc) is 2.88. The van der Waals surface area contributed by atoms with Crippen LogP contribution in [0.15, 0.2) is 6.07 Å². The van der Waals surface area contributed by atoms with Gasteiger partial charge in [0.1, 0.15) is 0 Å². The molecule has 1 aromatic carbocycles. The van der Waals surface area contributed by atoms with Gasteiger partial charge in [0.05, 0.1) is 7.11 Å². The highest BCUT2D eigenvalue weighted by Gasteiger charge is 2.27. The van der Waals surface area contributed by atoms with E-state index in [4.69, 9.17) is 14.2 Å². The normalized spacial score (nSPS) is 21.5. The number of nitrogens with one attached hydrogen (secondary N) is 1. The largest absolute Gasteiger partial charge is 0.493 e. The molecule has 1 unspecified atom stereocenters. The molecule has 0 bridgehead atoms. The van der Waals surface area contributed by atoms with Gasteiger partial charge in [-0.25, -0.2) is 4.39 Å². The van der Waals surface area contributed by atoms with Crippen LogP contribution in [0.4, 0.5) is 4.39 Å². The zero-order valence-electron chi connectivity index (χ0n) is 11.0. The van der Waals surface area contributed by atoms with E-state index in [-0.39, 0.29) is 18.4 Å². The summed E-state index contributed by atoms with van der Waals surface area (Å²) in [5.74, 6) is 1.51. The van der Waals surface area contributed by atoms with Crippen LogP contribution in [0.5, 0.6) is 17.2 Å². The molecule has 0 amide bonds. The van der Waals surface area contributed by atoms with E-state index in [1.807, 2.05) is 0 Å². The van der Waals surface area contributed by atoms with Gasteiger partial charge in [-0.1, -0.05) is 0 Å². The summed E-state index contributed by atoms with van der Waals surface area (Å²) in [4.78, 5) is 0. The molecule has 19 heavy (non-hydrogen) atoms. The molecule has 2 aliphatic rings. The van der Waals surface area contributed by atoms with Crippen LogP contribution in [0, 0.1) is 11.7 Å². The van der Waals surface area contributed by atoms with Gasteiger partial charge < -0.3 is 19.5 Å². The van der Waals surface area contributed by atoms with Crippen LogP contribution in [0.25, 0.3) is 0 Å². The van der Waals surface area contributed by atoms with Gasteiger partial charge in [-0.3, -0.25) is 0 Å². The van der Waals surface area contributed by atoms with Crippen molar-refractivity contribution in [2.75, 3.05) is 27.0 Å². The lowest BCUT2D eigenvalue weighted by Crippen LogP contribution is -2.31. The molecule has 0 spiro atoms. The third-order valence-electron chi connectivity index (χ3n) is 3.76. The minimum absolute atomic E-state index is 0.151. The van der Waals surface area contributed by atoms with Crippen LogP contribution < -0.4 is 19.5 Å². The molecule has 3 rings (SSSR count). The Kier molecular flexibility index (Phi) is 3.46. The highest BCUT2D eigenvalue weighted by atomic mass is 19.1. The van der Waals surface area contributed by atoms with E-state index in [1.165, 1.54) is 13.2 Å². The van der Waals surface area contributed by atoms with Crippen molar-refractivity contribution < 1.29 is 18.6 Å². The van der Waals surface area contributed by atoms with E-state index in [1.54, 1.807) is 0 Å². The zero-order chi connectivity index (χ0) is 13.2. The summed E-state index contributed by atoms with van der Waals surface area (Å²) in [5.41, 5.74) is 0.795. The van der Waals surface area contributed by atoms with Crippen LogP contribution in [0.2, 0.25) is 0 Å². The molecular formula is C14H18FNO3. The van der Waals surface area contributed by atoms with Gasteiger partial charge in [-0.15, -0.1) is 0 Å². The van der Waals surface area contributed by atoms with Crippen LogP contribution in [-0.2, 0) is 6.42 Å². The number of halogens is 1. The standard InChI is InChI=1S/C14H18FNO3/c1-17-13-10(5-9-3-2-4-16-7-9)14-12(6-11(13)15)18-8-19-14/h6,9,16H,2-5,7-8H2,1H3. The lowest BCUT2D eigenvalue weighted by atomic mass is 9.91. The number of rotatable bonds is 3. The van der Waals surface area contributed by atoms with E-state index in [2.05, 4.69) is 5.32 Å². The number of fused-ring (bicyclic) bond motifs is 1. The predicted octanol–water partition coefficient (Wildman–Crippen LogP) is 2.11. The summed E-state index contributed by atoms with van der Waals surface area (Å²) >= 11 is 0. The second-order valence-electron chi connectivity index (χ2n) is 5.02. The first-order chi connectivity index (χ1) is 9.29. The molecule has 2 heterocycles. The fourth-order valence-electron chi connectivity index (χ4n) is 2.85. The van der Waals surface area contributed by atoms with Crippen molar-refractivity contribution in [2.24, 2.45) is 5.92 Å². The monoisotopic (exact) mass is 267 g/mol. The Morgan fingerprint density at radius 1 is 1.47 bits per heavy atom. The number of methoxy groups -OCH3 is 1. The van der Waals surface area contributed by atoms with E-state index < -0.39 is 0 Å². The maximum absolute atomic E-state index is 14.0. The van der Waals surface area contributed by atoms with Crippen LogP contribution in [0.3, 0.4) is 0 Å². The predicted molar refractivity (Wildman–Crippen MR) is 68.4 cm³/mol. The molecule has 104 valence electrons. The van der Waals surface area contributed by atoms with Gasteiger partial charge in [0.2, 0.25) is 6.79 Å². The highest BCUT2D eigenvalue weighted by molar-refractivity contribution is 5.56. The minimum atomic E-state index is -0.384. The SMILES string of the molecule is COc1c(F)cc2c(c1CC1CCCNC1)OCO2. The van der Waals surface area contributed by atoms with Crippen LogP contribution in [0.1, 0.15) is 18.4 Å². The van der Waals surface area contributed by atoms with E-state index >= 15 is 0 Å². The zero-order valence-corrected chi connectivity index (χ0v) is 11.0. The molecule has 5 heteroatoms. The molecule has 0 radical (unpaired) electrons. The first-order valence-electron chi connectivity index (χ1n) is 6.65. The Labute approximate surface area is 111 Å². The Morgan fingerprint density at radius 2 is 2.37 bits per heavy atom. The smallest absolute Gasteiger partial charge is 0.231 e. The molecule has 1 saturated heterocycles. The summed E-state index contributed by atoms with van der Waals surface area (Å²) in [6.07, 6.45) is 3.05. The van der Waals surface area contributed by atoms with Crippen molar-refractivity contribution in [3.05, 3.63) is 17.4 Å². The minimum Gasteiger partial charge on any atom is -0.493 e. The molecule has 0 aliphatic carbocycles. The molecule has 1 aromatic rings. The fourth-order valence-corrected chi connectivity index (χ4v) is 2.85. The fraction of sp³-hybridized carbons (Fsp3) is 0.571. The first kappa shape index (κ1) is 12.5. The quantitative estimate of drug-likeness (QED) is 0.910. The van der Waals surface area contributed by atoms with E-state index in [0.717, 1.165) is 37.9 Å². The van der Waals surface area contributed by atoms with Gasteiger partial charge in [0.15, 0.2) is 23.1 Å². The lowest BCUT2D eigenvalue weighted by Gasteiger charge is -2.24. The number of hydrogen-bond acceptors (Lipinski definition) is 4. The van der Waals surface area contributed by atoms with Crippen molar-refractivity contribution in [2.45, 2.75) is 19.3 Å². The van der Waals surface area contributed by atoms with Crippen molar-refractivity contribution in [3.8, 4) is 17.2 Å². The number of ether oxygens (including phenoxy) is 3. The number of benzene rings is 1. The Morgan fingerprint density at radius 3 is 3.11 bits per heavy atom. The van der Waals surface area contributed by atoms with E-state index in [9.17, 15) is 4.39 Å². The van der Waals surface area contributed by atoms with E-state index in [0.29, 0.717) is 17.4 Å². The number of piperidine rings is 1. The molecule has 4 nitrogen and oxygen atoms in total. The summed E-state index contributed by atoms with van der Waals surface area (Å²) in [6.45, 7) is 2.17. The molecule has 0 saturated carbocycles. The maximum atomic E-state index is 14.0. The Hall–Kier alpha value is -1.49. The third-order valence-corrected chi connectivity index (χ3v) is 3.76. The van der Waals surface area contributed by atoms with Gasteiger partial charge >= 0.3 is 0 Å². The molecule has 0 aromatic heterocycles. The molecule has 1 fully saturated rings. The first-order valence-corrected chi connectivity index (χ1v) is 6.65. The van der Waals surface area contributed by atoms with Gasteiger partial charge in [-0.05, 0) is 38.3 Å². The summed E-state index contributed by atoms with van der Waals surface area (Å²) < 4.78 is 30.0. The van der Waals surface area contributed by atoms with Crippen LogP contribution >= 0.6 is 0 Å². The topological polar surface area (TPSA) is 39.7 Å². The molecule has 1 atom stereocenters. The van der Waals surface area contributed by atoms with Crippen molar-refractivity contribution in [3.63, 3.8) is 0 Å². The van der Waals surface area contributed by atoms with Crippen molar-refractivity contribution >= 4 is 0 Å². The van der Waals surface area contributed by atoms with Crippen molar-refractivity contribution in [1.29, 1.82) is 0 Å². The third kappa shape index (κ3) is 2.34. The summed E-state index contributed by atoms with van der Waals surface area (Å²) in [6, 6.07) is 1.34. The summed E-state index contributed by atoms with van der Waals surface area (Å²) in [5, 5.41) is 3.37. The lowest BCUT2D eigenvalue weighted by molar-refractivity contribution is 0.172. The van der Waals surface area contributed by atoms with Crippen molar-refractivity contribution in [1.82, 2.24) is 5.32 Å². The van der Waals surface area contributed by atoms with Gasteiger partial charge in [0.25, 0.3) is 0 Å².